The molecule has 10 atom stereocenters. The summed E-state index contributed by atoms with van der Waals surface area (Å²) in [6, 6.07) is 0. The van der Waals surface area contributed by atoms with Crippen LogP contribution in [0.5, 0.6) is 0 Å². The van der Waals surface area contributed by atoms with Gasteiger partial charge in [0, 0.05) is 13.3 Å². The van der Waals surface area contributed by atoms with Crippen LogP contribution in [-0.4, -0.2) is 22.2 Å². The number of halogens is 1. The number of ether oxygens (including phenoxy) is 1. The molecule has 0 unspecified atom stereocenters. The Balaban J connectivity index is 1.54. The van der Waals surface area contributed by atoms with Gasteiger partial charge < -0.3 is 4.74 Å². The van der Waals surface area contributed by atoms with Gasteiger partial charge in [-0.15, -0.1) is 0 Å². The number of carbonyl (C=O) groups is 2. The molecule has 3 nitrogen and oxygen atoms in total. The summed E-state index contributed by atoms with van der Waals surface area (Å²) in [7, 11) is 0. The number of esters is 1. The first-order valence-electron chi connectivity index (χ1n) is 14.2. The van der Waals surface area contributed by atoms with Gasteiger partial charge in [-0.25, -0.2) is 0 Å². The van der Waals surface area contributed by atoms with Crippen molar-refractivity contribution < 1.29 is 14.3 Å². The summed E-state index contributed by atoms with van der Waals surface area (Å²) in [5.74, 6) is 4.72. The van der Waals surface area contributed by atoms with Crippen LogP contribution in [0.25, 0.3) is 0 Å². The van der Waals surface area contributed by atoms with Gasteiger partial charge in [-0.05, 0) is 97.2 Å². The fourth-order valence-electron chi connectivity index (χ4n) is 9.31. The van der Waals surface area contributed by atoms with Crippen molar-refractivity contribution in [3.63, 3.8) is 0 Å². The number of rotatable bonds is 6. The van der Waals surface area contributed by atoms with Crippen molar-refractivity contribution in [1.29, 1.82) is 0 Å². The summed E-state index contributed by atoms with van der Waals surface area (Å²) < 4.78 is 5.22. The highest BCUT2D eigenvalue weighted by molar-refractivity contribution is 9.10. The van der Waals surface area contributed by atoms with Crippen LogP contribution in [0.4, 0.5) is 0 Å². The first-order valence-corrected chi connectivity index (χ1v) is 15.0. The average molecular weight is 538 g/mol. The van der Waals surface area contributed by atoms with Gasteiger partial charge in [0.05, 0.1) is 4.32 Å². The molecule has 0 radical (unpaired) electrons. The number of hydrogen-bond acceptors (Lipinski definition) is 3. The molecule has 0 saturated heterocycles. The number of fused-ring (bicyclic) bond motifs is 5. The minimum absolute atomic E-state index is 0.0251. The number of Topliss-reactive ketones (excluding diaryl/α,β-unsaturated/α-hetero) is 1. The van der Waals surface area contributed by atoms with E-state index >= 15 is 0 Å². The minimum atomic E-state index is -0.404. The average Bonchev–Trinajstić information content (AvgIpc) is 3.09. The molecule has 34 heavy (non-hydrogen) atoms. The molecule has 194 valence electrons. The molecule has 4 rings (SSSR count). The second-order valence-corrected chi connectivity index (χ2v) is 14.9. The third kappa shape index (κ3) is 4.14. The summed E-state index contributed by atoms with van der Waals surface area (Å²) in [5.41, 5.74) is 0.110. The van der Waals surface area contributed by atoms with Gasteiger partial charge in [-0.1, -0.05) is 70.3 Å². The summed E-state index contributed by atoms with van der Waals surface area (Å²) in [6.45, 7) is 15.9. The van der Waals surface area contributed by atoms with E-state index in [1.165, 1.54) is 32.6 Å². The van der Waals surface area contributed by atoms with Crippen molar-refractivity contribution in [3.8, 4) is 0 Å². The van der Waals surface area contributed by atoms with Crippen LogP contribution in [0.1, 0.15) is 113 Å². The Morgan fingerprint density at radius 2 is 1.71 bits per heavy atom. The fraction of sp³-hybridized carbons (Fsp3) is 0.933. The third-order valence-corrected chi connectivity index (χ3v) is 13.7. The van der Waals surface area contributed by atoms with Gasteiger partial charge >= 0.3 is 5.97 Å². The number of alkyl halides is 1. The molecule has 0 spiro atoms. The van der Waals surface area contributed by atoms with Gasteiger partial charge in [0.2, 0.25) is 0 Å². The standard InChI is InChI=1S/C30H49BrO3/c1-18(2)19(3)8-9-20(4)24-12-13-25-26-11-10-22-16-23(34-21(5)32)14-15-29(22,7)30(26,31)27(33)17-28(24,25)6/h18-20,22-26H,8-17H2,1-7H3/t19-,20+,22-,23+,24-,25-,26+,28-,29+,30-/m0/s1. The van der Waals surface area contributed by atoms with Crippen LogP contribution >= 0.6 is 15.9 Å². The fourth-order valence-corrected chi connectivity index (χ4v) is 10.5. The van der Waals surface area contributed by atoms with Crippen LogP contribution in [0, 0.1) is 52.3 Å². The zero-order valence-corrected chi connectivity index (χ0v) is 24.4. The lowest BCUT2D eigenvalue weighted by Crippen LogP contribution is -2.67. The maximum Gasteiger partial charge on any atom is 0.302 e. The SMILES string of the molecule is CC(=O)O[C@@H]1CC[C@]2(C)[C@@H](CC[C@@H]3[C@@H]4CC[C@@H]([C@H](C)CC[C@H](C)C(C)C)[C@]4(C)CC(=O)[C@@]32Br)C1. The Hall–Kier alpha value is -0.380. The summed E-state index contributed by atoms with van der Waals surface area (Å²) >= 11 is 4.23. The lowest BCUT2D eigenvalue weighted by molar-refractivity contribution is -0.163. The minimum Gasteiger partial charge on any atom is -0.463 e. The molecule has 4 aliphatic carbocycles. The van der Waals surface area contributed by atoms with Gasteiger partial charge in [0.1, 0.15) is 6.10 Å². The van der Waals surface area contributed by atoms with E-state index < -0.39 is 4.32 Å². The highest BCUT2D eigenvalue weighted by Gasteiger charge is 2.70. The first kappa shape index (κ1) is 26.7. The molecular weight excluding hydrogens is 488 g/mol. The molecule has 4 aliphatic rings. The topological polar surface area (TPSA) is 43.4 Å². The lowest BCUT2D eigenvalue weighted by atomic mass is 9.44. The predicted octanol–water partition coefficient (Wildman–Crippen LogP) is 7.98. The van der Waals surface area contributed by atoms with Crippen molar-refractivity contribution in [2.75, 3.05) is 0 Å². The van der Waals surface area contributed by atoms with E-state index in [0.717, 1.165) is 50.4 Å². The normalized spacial score (nSPS) is 45.8. The van der Waals surface area contributed by atoms with Crippen LogP contribution in [0.3, 0.4) is 0 Å². The zero-order chi connectivity index (χ0) is 25.1. The molecule has 0 aliphatic heterocycles. The van der Waals surface area contributed by atoms with Crippen LogP contribution in [0.2, 0.25) is 0 Å². The molecular formula is C30H49BrO3. The molecule has 0 aromatic heterocycles. The lowest BCUT2D eigenvalue weighted by Gasteiger charge is -2.64. The molecule has 0 N–H and O–H groups in total. The molecule has 4 heteroatoms. The predicted molar refractivity (Wildman–Crippen MR) is 142 cm³/mol. The van der Waals surface area contributed by atoms with E-state index in [1.54, 1.807) is 0 Å². The molecule has 0 amide bonds. The van der Waals surface area contributed by atoms with Gasteiger partial charge in [0.25, 0.3) is 0 Å². The molecule has 0 aromatic carbocycles. The molecule has 4 fully saturated rings. The van der Waals surface area contributed by atoms with Crippen LogP contribution in [0.15, 0.2) is 0 Å². The van der Waals surface area contributed by atoms with E-state index in [1.807, 2.05) is 0 Å². The maximum atomic E-state index is 14.2. The Morgan fingerprint density at radius 3 is 2.35 bits per heavy atom. The second-order valence-electron chi connectivity index (χ2n) is 13.7. The van der Waals surface area contributed by atoms with Gasteiger partial charge in [-0.2, -0.15) is 0 Å². The Bertz CT molecular complexity index is 794. The zero-order valence-electron chi connectivity index (χ0n) is 22.8. The maximum absolute atomic E-state index is 14.2. The van der Waals surface area contributed by atoms with Crippen LogP contribution in [-0.2, 0) is 14.3 Å². The molecule has 0 heterocycles. The van der Waals surface area contributed by atoms with Crippen molar-refractivity contribution in [2.45, 2.75) is 123 Å². The van der Waals surface area contributed by atoms with E-state index in [4.69, 9.17) is 4.74 Å². The Labute approximate surface area is 217 Å². The summed E-state index contributed by atoms with van der Waals surface area (Å²) in [6.07, 6.45) is 11.0. The Morgan fingerprint density at radius 1 is 1.03 bits per heavy atom. The molecule has 4 saturated carbocycles. The van der Waals surface area contributed by atoms with E-state index in [9.17, 15) is 9.59 Å². The van der Waals surface area contributed by atoms with Crippen molar-refractivity contribution in [3.05, 3.63) is 0 Å². The smallest absolute Gasteiger partial charge is 0.302 e. The summed E-state index contributed by atoms with van der Waals surface area (Å²) in [5, 5.41) is 0. The molecule has 0 bridgehead atoms. The summed E-state index contributed by atoms with van der Waals surface area (Å²) in [4.78, 5) is 25.8. The number of carbonyl (C=O) groups excluding carboxylic acids is 2. The van der Waals surface area contributed by atoms with E-state index in [-0.39, 0.29) is 22.9 Å². The van der Waals surface area contributed by atoms with Crippen molar-refractivity contribution in [1.82, 2.24) is 0 Å². The highest BCUT2D eigenvalue weighted by atomic mass is 79.9. The first-order chi connectivity index (χ1) is 15.8. The number of hydrogen-bond donors (Lipinski definition) is 0. The quantitative estimate of drug-likeness (QED) is 0.255. The van der Waals surface area contributed by atoms with Crippen molar-refractivity contribution in [2.24, 2.45) is 52.3 Å². The second kappa shape index (κ2) is 9.49. The monoisotopic (exact) mass is 536 g/mol. The Kier molecular flexibility index (Phi) is 7.45. The largest absolute Gasteiger partial charge is 0.463 e. The van der Waals surface area contributed by atoms with Gasteiger partial charge in [0.15, 0.2) is 5.78 Å². The molecule has 0 aromatic rings. The van der Waals surface area contributed by atoms with Crippen molar-refractivity contribution >= 4 is 27.7 Å². The van der Waals surface area contributed by atoms with Crippen LogP contribution < -0.4 is 0 Å². The van der Waals surface area contributed by atoms with Gasteiger partial charge in [-0.3, -0.25) is 9.59 Å². The highest BCUT2D eigenvalue weighted by Crippen LogP contribution is 2.71. The van der Waals surface area contributed by atoms with E-state index in [2.05, 4.69) is 57.5 Å². The van der Waals surface area contributed by atoms with E-state index in [0.29, 0.717) is 35.4 Å². The third-order valence-electron chi connectivity index (χ3n) is 11.8. The number of ketones is 1.